The molecule has 1 fully saturated rings. The fourth-order valence-corrected chi connectivity index (χ4v) is 3.68. The molecule has 0 aromatic heterocycles. The van der Waals surface area contributed by atoms with Crippen LogP contribution in [0.1, 0.15) is 33.3 Å². The van der Waals surface area contributed by atoms with E-state index >= 15 is 0 Å². The van der Waals surface area contributed by atoms with Gasteiger partial charge in [-0.2, -0.15) is 0 Å². The second-order valence-corrected chi connectivity index (χ2v) is 8.08. The Balaban J connectivity index is 2.36. The lowest BCUT2D eigenvalue weighted by atomic mass is 9.96. The quantitative estimate of drug-likeness (QED) is 0.405. The molecule has 1 heterocycles. The SMILES string of the molecule is CC(=O)N[C@@H]1[C@H](OCc2cccc(Br)c2)O[C@H](COC(C)=O)[C@H](OC(C)=O)[C@H]1OC(C)=O. The van der Waals surface area contributed by atoms with E-state index in [9.17, 15) is 19.2 Å². The average Bonchev–Trinajstić information content (AvgIpc) is 2.67. The van der Waals surface area contributed by atoms with Crippen LogP contribution in [0.2, 0.25) is 0 Å². The van der Waals surface area contributed by atoms with Gasteiger partial charge in [-0.3, -0.25) is 19.2 Å². The van der Waals surface area contributed by atoms with Crippen LogP contribution in [0.3, 0.4) is 0 Å². The molecule has 1 aromatic carbocycles. The van der Waals surface area contributed by atoms with Gasteiger partial charge in [0.25, 0.3) is 0 Å². The number of hydrogen-bond donors (Lipinski definition) is 1. The van der Waals surface area contributed by atoms with E-state index in [0.29, 0.717) is 0 Å². The summed E-state index contributed by atoms with van der Waals surface area (Å²) in [6.07, 6.45) is -4.42. The van der Waals surface area contributed by atoms with Gasteiger partial charge >= 0.3 is 17.9 Å². The molecule has 1 aliphatic heterocycles. The third-order valence-corrected chi connectivity index (χ3v) is 4.87. The highest BCUT2D eigenvalue weighted by atomic mass is 79.9. The second kappa shape index (κ2) is 11.9. The maximum atomic E-state index is 11.9. The van der Waals surface area contributed by atoms with Crippen molar-refractivity contribution in [1.29, 1.82) is 0 Å². The summed E-state index contributed by atoms with van der Waals surface area (Å²) in [5.41, 5.74) is 0.812. The molecule has 32 heavy (non-hydrogen) atoms. The van der Waals surface area contributed by atoms with Crippen LogP contribution >= 0.6 is 15.9 Å². The van der Waals surface area contributed by atoms with Crippen molar-refractivity contribution in [3.8, 4) is 0 Å². The summed E-state index contributed by atoms with van der Waals surface area (Å²) in [4.78, 5) is 46.8. The van der Waals surface area contributed by atoms with Crippen LogP contribution in [0, 0.1) is 0 Å². The lowest BCUT2D eigenvalue weighted by Crippen LogP contribution is -2.66. The Morgan fingerprint density at radius 3 is 2.22 bits per heavy atom. The molecule has 1 aliphatic rings. The number of halogens is 1. The lowest BCUT2D eigenvalue weighted by Gasteiger charge is -2.44. The Bertz CT molecular complexity index is 846. The third kappa shape index (κ3) is 7.88. The van der Waals surface area contributed by atoms with Crippen molar-refractivity contribution in [3.63, 3.8) is 0 Å². The first-order valence-corrected chi connectivity index (χ1v) is 10.6. The summed E-state index contributed by atoms with van der Waals surface area (Å²) in [6, 6.07) is 6.37. The van der Waals surface area contributed by atoms with E-state index in [4.69, 9.17) is 23.7 Å². The standard InChI is InChI=1S/C21H26BrNO9/c1-11(24)23-18-20(31-14(4)27)19(30-13(3)26)17(10-28-12(2)25)32-21(18)29-9-15-6-5-7-16(22)8-15/h5-8,17-21H,9-10H2,1-4H3,(H,23,24)/t17-,18+,19+,20+,21-/m1/s1. The fraction of sp³-hybridized carbons (Fsp3) is 0.524. The minimum absolute atomic E-state index is 0.103. The van der Waals surface area contributed by atoms with Crippen LogP contribution in [0.5, 0.6) is 0 Å². The molecule has 10 nitrogen and oxygen atoms in total. The number of carbonyl (C=O) groups excluding carboxylic acids is 4. The third-order valence-electron chi connectivity index (χ3n) is 4.37. The Morgan fingerprint density at radius 2 is 1.66 bits per heavy atom. The molecule has 0 saturated carbocycles. The van der Waals surface area contributed by atoms with Gasteiger partial charge in [-0.25, -0.2) is 0 Å². The molecule has 1 amide bonds. The number of carbonyl (C=O) groups is 4. The molecule has 0 spiro atoms. The predicted octanol–water partition coefficient (Wildman–Crippen LogP) is 1.62. The zero-order chi connectivity index (χ0) is 23.8. The summed E-state index contributed by atoms with van der Waals surface area (Å²) < 4.78 is 28.5. The van der Waals surface area contributed by atoms with Crippen LogP contribution < -0.4 is 5.32 Å². The van der Waals surface area contributed by atoms with Crippen LogP contribution in [0.15, 0.2) is 28.7 Å². The van der Waals surface area contributed by atoms with Gasteiger partial charge in [0.2, 0.25) is 5.91 Å². The van der Waals surface area contributed by atoms with Crippen molar-refractivity contribution >= 4 is 39.7 Å². The number of esters is 3. The number of rotatable bonds is 8. The van der Waals surface area contributed by atoms with Crippen molar-refractivity contribution in [2.75, 3.05) is 6.61 Å². The monoisotopic (exact) mass is 515 g/mol. The predicted molar refractivity (Wildman–Crippen MR) is 113 cm³/mol. The first-order chi connectivity index (χ1) is 15.1. The maximum absolute atomic E-state index is 11.9. The van der Waals surface area contributed by atoms with Gasteiger partial charge in [0.1, 0.15) is 18.8 Å². The average molecular weight is 516 g/mol. The van der Waals surface area contributed by atoms with E-state index in [1.54, 1.807) is 0 Å². The van der Waals surface area contributed by atoms with E-state index in [2.05, 4.69) is 21.2 Å². The molecule has 1 saturated heterocycles. The van der Waals surface area contributed by atoms with Crippen LogP contribution in [0.25, 0.3) is 0 Å². The van der Waals surface area contributed by atoms with E-state index in [-0.39, 0.29) is 13.2 Å². The molecule has 0 unspecified atom stereocenters. The molecule has 176 valence electrons. The van der Waals surface area contributed by atoms with E-state index < -0.39 is 54.5 Å². The van der Waals surface area contributed by atoms with Gasteiger partial charge in [-0.05, 0) is 17.7 Å². The minimum Gasteiger partial charge on any atom is -0.463 e. The summed E-state index contributed by atoms with van der Waals surface area (Å²) >= 11 is 3.39. The number of ether oxygens (including phenoxy) is 5. The van der Waals surface area contributed by atoms with Crippen molar-refractivity contribution < 1.29 is 42.9 Å². The van der Waals surface area contributed by atoms with Gasteiger partial charge in [0.15, 0.2) is 18.5 Å². The highest BCUT2D eigenvalue weighted by molar-refractivity contribution is 9.10. The molecule has 1 N–H and O–H groups in total. The zero-order valence-electron chi connectivity index (χ0n) is 18.2. The van der Waals surface area contributed by atoms with Crippen molar-refractivity contribution in [3.05, 3.63) is 34.3 Å². The van der Waals surface area contributed by atoms with Crippen molar-refractivity contribution in [2.24, 2.45) is 0 Å². The largest absolute Gasteiger partial charge is 0.463 e. The Kier molecular flexibility index (Phi) is 9.60. The highest BCUT2D eigenvalue weighted by Gasteiger charge is 2.51. The van der Waals surface area contributed by atoms with Crippen LogP contribution in [0.4, 0.5) is 0 Å². The number of nitrogens with one attached hydrogen (secondary N) is 1. The first-order valence-electron chi connectivity index (χ1n) is 9.83. The molecule has 5 atom stereocenters. The summed E-state index contributed by atoms with van der Waals surface area (Å²) in [6.45, 7) is 4.68. The number of hydrogen-bond acceptors (Lipinski definition) is 9. The molecule has 0 aliphatic carbocycles. The summed E-state index contributed by atoms with van der Waals surface area (Å²) in [5.74, 6) is -2.35. The smallest absolute Gasteiger partial charge is 0.303 e. The molecule has 0 radical (unpaired) electrons. The lowest BCUT2D eigenvalue weighted by molar-refractivity contribution is -0.280. The first kappa shape index (κ1) is 25.8. The van der Waals surface area contributed by atoms with Gasteiger partial charge in [0.05, 0.1) is 6.61 Å². The van der Waals surface area contributed by atoms with Gasteiger partial charge in [-0.1, -0.05) is 28.1 Å². The van der Waals surface area contributed by atoms with Gasteiger partial charge in [-0.15, -0.1) is 0 Å². The fourth-order valence-electron chi connectivity index (χ4n) is 3.24. The van der Waals surface area contributed by atoms with Gasteiger partial charge < -0.3 is 29.0 Å². The van der Waals surface area contributed by atoms with Crippen LogP contribution in [-0.2, 0) is 49.5 Å². The van der Waals surface area contributed by atoms with Crippen LogP contribution in [-0.4, -0.2) is 61.1 Å². The number of amides is 1. The second-order valence-electron chi connectivity index (χ2n) is 7.16. The van der Waals surface area contributed by atoms with Crippen molar-refractivity contribution in [2.45, 2.75) is 64.9 Å². The summed E-state index contributed by atoms with van der Waals surface area (Å²) in [5, 5.41) is 2.65. The minimum atomic E-state index is -1.15. The normalized spacial score (nSPS) is 24.8. The maximum Gasteiger partial charge on any atom is 0.303 e. The van der Waals surface area contributed by atoms with Crippen molar-refractivity contribution in [1.82, 2.24) is 5.32 Å². The Morgan fingerprint density at radius 1 is 1.00 bits per heavy atom. The van der Waals surface area contributed by atoms with E-state index in [1.807, 2.05) is 24.3 Å². The molecule has 1 aromatic rings. The molecule has 2 rings (SSSR count). The number of benzene rings is 1. The van der Waals surface area contributed by atoms with E-state index in [1.165, 1.54) is 27.7 Å². The summed E-state index contributed by atoms with van der Waals surface area (Å²) in [7, 11) is 0. The molecule has 11 heteroatoms. The Hall–Kier alpha value is -2.50. The molecular weight excluding hydrogens is 490 g/mol. The molecular formula is C21H26BrNO9. The topological polar surface area (TPSA) is 126 Å². The highest BCUT2D eigenvalue weighted by Crippen LogP contribution is 2.28. The molecule has 0 bridgehead atoms. The Labute approximate surface area is 194 Å². The van der Waals surface area contributed by atoms with Gasteiger partial charge in [0, 0.05) is 32.2 Å². The van der Waals surface area contributed by atoms with E-state index in [0.717, 1.165) is 10.0 Å². The zero-order valence-corrected chi connectivity index (χ0v) is 19.7.